The van der Waals surface area contributed by atoms with Crippen LogP contribution in [0.3, 0.4) is 0 Å². The van der Waals surface area contributed by atoms with Gasteiger partial charge in [0.25, 0.3) is 5.91 Å². The Balaban J connectivity index is 1.39. The number of hydrogen-bond donors (Lipinski definition) is 4. The molecular formula is C22H28N4O3S. The first-order valence-electron chi connectivity index (χ1n) is 10.5. The van der Waals surface area contributed by atoms with Crippen molar-refractivity contribution in [1.82, 2.24) is 20.9 Å². The number of aryl methyl sites for hydroxylation is 1. The van der Waals surface area contributed by atoms with Gasteiger partial charge in [0.2, 0.25) is 10.0 Å². The second kappa shape index (κ2) is 9.26. The van der Waals surface area contributed by atoms with Crippen molar-refractivity contribution in [3.63, 3.8) is 0 Å². The van der Waals surface area contributed by atoms with Crippen molar-refractivity contribution >= 4 is 15.9 Å². The summed E-state index contributed by atoms with van der Waals surface area (Å²) in [6.07, 6.45) is 3.37. The molecule has 0 radical (unpaired) electrons. The number of fused-ring (bicyclic) bond motifs is 1. The smallest absolute Gasteiger partial charge is 0.251 e. The summed E-state index contributed by atoms with van der Waals surface area (Å²) < 4.78 is 28.2. The highest BCUT2D eigenvalue weighted by molar-refractivity contribution is 7.89. The minimum Gasteiger partial charge on any atom is -0.345 e. The molecule has 2 aromatic carbocycles. The predicted molar refractivity (Wildman–Crippen MR) is 115 cm³/mol. The van der Waals surface area contributed by atoms with E-state index in [4.69, 9.17) is 0 Å². The summed E-state index contributed by atoms with van der Waals surface area (Å²) in [6, 6.07) is 14.1. The lowest BCUT2D eigenvalue weighted by Crippen LogP contribution is -2.28. The Morgan fingerprint density at radius 1 is 1.07 bits per heavy atom. The monoisotopic (exact) mass is 428 g/mol. The van der Waals surface area contributed by atoms with Crippen LogP contribution in [-0.2, 0) is 16.4 Å². The van der Waals surface area contributed by atoms with Crippen LogP contribution in [0.4, 0.5) is 0 Å². The molecule has 30 heavy (non-hydrogen) atoms. The molecule has 1 amide bonds. The van der Waals surface area contributed by atoms with E-state index in [0.717, 1.165) is 49.9 Å². The third-order valence-electron chi connectivity index (χ3n) is 5.83. The largest absolute Gasteiger partial charge is 0.345 e. The number of rotatable bonds is 8. The highest BCUT2D eigenvalue weighted by Crippen LogP contribution is 2.33. The third-order valence-corrected chi connectivity index (χ3v) is 7.29. The molecule has 4 N–H and O–H groups in total. The Morgan fingerprint density at radius 3 is 2.60 bits per heavy atom. The van der Waals surface area contributed by atoms with E-state index < -0.39 is 10.0 Å². The quantitative estimate of drug-likeness (QED) is 0.481. The third kappa shape index (κ3) is 4.89. The number of carbonyl (C=O) groups is 1. The Hall–Kier alpha value is -2.26. The van der Waals surface area contributed by atoms with Crippen molar-refractivity contribution in [2.24, 2.45) is 5.92 Å². The molecule has 1 aliphatic carbocycles. The molecule has 4 rings (SSSR count). The maximum absolute atomic E-state index is 12.8. The van der Waals surface area contributed by atoms with E-state index >= 15 is 0 Å². The zero-order valence-electron chi connectivity index (χ0n) is 16.9. The summed E-state index contributed by atoms with van der Waals surface area (Å²) in [7, 11) is -3.58. The van der Waals surface area contributed by atoms with Crippen LogP contribution >= 0.6 is 0 Å². The molecule has 2 aliphatic rings. The summed E-state index contributed by atoms with van der Waals surface area (Å²) in [6.45, 7) is 2.27. The van der Waals surface area contributed by atoms with Gasteiger partial charge in [0.15, 0.2) is 0 Å². The first-order valence-corrected chi connectivity index (χ1v) is 12.0. The van der Waals surface area contributed by atoms with Crippen molar-refractivity contribution in [3.8, 4) is 0 Å². The number of nitrogens with one attached hydrogen (secondary N) is 4. The van der Waals surface area contributed by atoms with Crippen LogP contribution in [0.1, 0.15) is 46.8 Å². The van der Waals surface area contributed by atoms with Crippen LogP contribution in [0.2, 0.25) is 0 Å². The fourth-order valence-electron chi connectivity index (χ4n) is 4.12. The molecule has 1 fully saturated rings. The zero-order valence-corrected chi connectivity index (χ0v) is 17.7. The van der Waals surface area contributed by atoms with E-state index in [-0.39, 0.29) is 16.8 Å². The highest BCUT2D eigenvalue weighted by atomic mass is 32.2. The van der Waals surface area contributed by atoms with Gasteiger partial charge in [0.1, 0.15) is 0 Å². The van der Waals surface area contributed by atoms with E-state index in [1.54, 1.807) is 24.3 Å². The molecule has 1 heterocycles. The van der Waals surface area contributed by atoms with E-state index in [0.29, 0.717) is 18.0 Å². The van der Waals surface area contributed by atoms with Crippen LogP contribution in [0, 0.1) is 5.92 Å². The molecule has 1 atom stereocenters. The lowest BCUT2D eigenvalue weighted by molar-refractivity contribution is 0.0936. The average Bonchev–Trinajstić information content (AvgIpc) is 3.42. The van der Waals surface area contributed by atoms with E-state index in [1.165, 1.54) is 0 Å². The fraction of sp³-hybridized carbons (Fsp3) is 0.409. The van der Waals surface area contributed by atoms with Gasteiger partial charge >= 0.3 is 0 Å². The van der Waals surface area contributed by atoms with Crippen molar-refractivity contribution in [1.29, 1.82) is 0 Å². The van der Waals surface area contributed by atoms with Gasteiger partial charge in [-0.15, -0.1) is 0 Å². The Kier molecular flexibility index (Phi) is 6.48. The maximum atomic E-state index is 12.8. The molecule has 1 unspecified atom stereocenters. The van der Waals surface area contributed by atoms with Gasteiger partial charge in [-0.05, 0) is 67.0 Å². The predicted octanol–water partition coefficient (Wildman–Crippen LogP) is 1.89. The zero-order chi connectivity index (χ0) is 21.0. The van der Waals surface area contributed by atoms with Gasteiger partial charge in [-0.2, -0.15) is 0 Å². The van der Waals surface area contributed by atoms with Gasteiger partial charge in [0.05, 0.1) is 10.9 Å². The molecular weight excluding hydrogens is 400 g/mol. The summed E-state index contributed by atoms with van der Waals surface area (Å²) >= 11 is 0. The minimum absolute atomic E-state index is 0.143. The molecule has 7 nitrogen and oxygen atoms in total. The Labute approximate surface area is 177 Å². The first kappa shape index (κ1) is 21.0. The van der Waals surface area contributed by atoms with Crippen molar-refractivity contribution in [3.05, 3.63) is 65.2 Å². The van der Waals surface area contributed by atoms with Crippen molar-refractivity contribution in [2.45, 2.75) is 36.6 Å². The minimum atomic E-state index is -3.58. The van der Waals surface area contributed by atoms with Crippen LogP contribution in [-0.4, -0.2) is 34.0 Å². The first-order chi connectivity index (χ1) is 14.5. The molecule has 1 saturated heterocycles. The normalized spacial score (nSPS) is 19.0. The second-order valence-electron chi connectivity index (χ2n) is 7.96. The fourth-order valence-corrected chi connectivity index (χ4v) is 5.23. The number of benzene rings is 2. The average molecular weight is 429 g/mol. The molecule has 2 aromatic rings. The Morgan fingerprint density at radius 2 is 1.83 bits per heavy atom. The van der Waals surface area contributed by atoms with Crippen LogP contribution in [0.15, 0.2) is 53.4 Å². The Bertz CT molecular complexity index is 989. The molecule has 0 spiro atoms. The van der Waals surface area contributed by atoms with Crippen LogP contribution in [0.5, 0.6) is 0 Å². The van der Waals surface area contributed by atoms with E-state index in [9.17, 15) is 13.2 Å². The van der Waals surface area contributed by atoms with E-state index in [1.807, 2.05) is 24.3 Å². The SMILES string of the molecule is O=C(NC1CCc2ccc(S(=O)(=O)NCCCC3CNNC3)cc21)c1ccccc1. The summed E-state index contributed by atoms with van der Waals surface area (Å²) in [5.74, 6) is 0.402. The molecule has 8 heteroatoms. The molecule has 0 saturated carbocycles. The number of sulfonamides is 1. The van der Waals surface area contributed by atoms with Crippen LogP contribution < -0.4 is 20.9 Å². The van der Waals surface area contributed by atoms with E-state index in [2.05, 4.69) is 20.9 Å². The lowest BCUT2D eigenvalue weighted by Gasteiger charge is -2.15. The summed E-state index contributed by atoms with van der Waals surface area (Å²) in [4.78, 5) is 12.8. The number of hydrogen-bond acceptors (Lipinski definition) is 5. The highest BCUT2D eigenvalue weighted by Gasteiger charge is 2.26. The maximum Gasteiger partial charge on any atom is 0.251 e. The molecule has 160 valence electrons. The standard InChI is InChI=1S/C22H28N4O3S/c27-22(18-6-2-1-3-7-18)26-21-11-9-17-8-10-19(13-20(17)21)30(28,29)25-12-4-5-16-14-23-24-15-16/h1-3,6-8,10,13,16,21,23-25H,4-5,9,11-12,14-15H2,(H,26,27). The van der Waals surface area contributed by atoms with Gasteiger partial charge in [-0.3, -0.25) is 15.6 Å². The summed E-state index contributed by atoms with van der Waals surface area (Å²) in [5.41, 5.74) is 8.76. The van der Waals surface area contributed by atoms with Gasteiger partial charge in [0, 0.05) is 25.2 Å². The second-order valence-corrected chi connectivity index (χ2v) is 9.73. The number of carbonyl (C=O) groups excluding carboxylic acids is 1. The van der Waals surface area contributed by atoms with Crippen LogP contribution in [0.25, 0.3) is 0 Å². The van der Waals surface area contributed by atoms with Gasteiger partial charge in [-0.25, -0.2) is 13.1 Å². The topological polar surface area (TPSA) is 99.3 Å². The van der Waals surface area contributed by atoms with Gasteiger partial charge < -0.3 is 5.32 Å². The lowest BCUT2D eigenvalue weighted by atomic mass is 10.1. The number of hydrazine groups is 1. The van der Waals surface area contributed by atoms with Crippen molar-refractivity contribution in [2.75, 3.05) is 19.6 Å². The molecule has 0 bridgehead atoms. The van der Waals surface area contributed by atoms with Crippen molar-refractivity contribution < 1.29 is 13.2 Å². The van der Waals surface area contributed by atoms with Gasteiger partial charge in [-0.1, -0.05) is 24.3 Å². The molecule has 1 aliphatic heterocycles. The summed E-state index contributed by atoms with van der Waals surface area (Å²) in [5, 5.41) is 3.05. The number of amides is 1. The molecule has 0 aromatic heterocycles.